The van der Waals surface area contributed by atoms with E-state index in [0.29, 0.717) is 18.9 Å². The van der Waals surface area contributed by atoms with Crippen LogP contribution in [0.5, 0.6) is 0 Å². The van der Waals surface area contributed by atoms with Crippen molar-refractivity contribution >= 4 is 18.3 Å². The molecule has 0 bridgehead atoms. The summed E-state index contributed by atoms with van der Waals surface area (Å²) in [5.74, 6) is 0.689. The van der Waals surface area contributed by atoms with Gasteiger partial charge in [0, 0.05) is 12.6 Å². The number of hydrogen-bond donors (Lipinski definition) is 2. The van der Waals surface area contributed by atoms with Gasteiger partial charge in [-0.2, -0.15) is 0 Å². The third-order valence-corrected chi connectivity index (χ3v) is 2.79. The van der Waals surface area contributed by atoms with Crippen molar-refractivity contribution in [3.63, 3.8) is 0 Å². The molecule has 1 aromatic rings. The summed E-state index contributed by atoms with van der Waals surface area (Å²) in [6.45, 7) is 6.79. The van der Waals surface area contributed by atoms with Gasteiger partial charge in [0.15, 0.2) is 0 Å². The monoisotopic (exact) mass is 284 g/mol. The number of nitrogens with one attached hydrogen (secondary N) is 1. The Morgan fingerprint density at radius 1 is 1.16 bits per heavy atom. The van der Waals surface area contributed by atoms with E-state index in [1.807, 2.05) is 19.1 Å². The SMILES string of the molecule is CC(C)Cc1ccc(CC(=O)N[C@@H](C)CN)cc1.Cl. The van der Waals surface area contributed by atoms with Gasteiger partial charge in [0.05, 0.1) is 6.42 Å². The fourth-order valence-corrected chi connectivity index (χ4v) is 1.83. The van der Waals surface area contributed by atoms with E-state index in [0.717, 1.165) is 12.0 Å². The summed E-state index contributed by atoms with van der Waals surface area (Å²) >= 11 is 0. The maximum atomic E-state index is 11.7. The molecule has 0 radical (unpaired) electrons. The number of rotatable bonds is 6. The largest absolute Gasteiger partial charge is 0.352 e. The molecule has 0 aliphatic rings. The highest BCUT2D eigenvalue weighted by molar-refractivity contribution is 5.85. The summed E-state index contributed by atoms with van der Waals surface area (Å²) in [5.41, 5.74) is 7.83. The second-order valence-electron chi connectivity index (χ2n) is 5.30. The lowest BCUT2D eigenvalue weighted by Crippen LogP contribution is -2.38. The Morgan fingerprint density at radius 3 is 2.16 bits per heavy atom. The van der Waals surface area contributed by atoms with Gasteiger partial charge in [-0.1, -0.05) is 38.1 Å². The Bertz CT molecular complexity index is 376. The van der Waals surface area contributed by atoms with Gasteiger partial charge in [-0.15, -0.1) is 12.4 Å². The number of hydrogen-bond acceptors (Lipinski definition) is 2. The number of nitrogens with two attached hydrogens (primary N) is 1. The van der Waals surface area contributed by atoms with Crippen LogP contribution in [0.3, 0.4) is 0 Å². The summed E-state index contributed by atoms with van der Waals surface area (Å²) in [5, 5.41) is 2.86. The van der Waals surface area contributed by atoms with Crippen molar-refractivity contribution in [1.29, 1.82) is 0 Å². The van der Waals surface area contributed by atoms with Crippen LogP contribution in [-0.2, 0) is 17.6 Å². The van der Waals surface area contributed by atoms with Gasteiger partial charge >= 0.3 is 0 Å². The minimum Gasteiger partial charge on any atom is -0.352 e. The molecule has 3 nitrogen and oxygen atoms in total. The Labute approximate surface area is 122 Å². The van der Waals surface area contributed by atoms with E-state index < -0.39 is 0 Å². The molecule has 0 saturated heterocycles. The number of carbonyl (C=O) groups excluding carboxylic acids is 1. The lowest BCUT2D eigenvalue weighted by Gasteiger charge is -2.11. The highest BCUT2D eigenvalue weighted by Gasteiger charge is 2.06. The molecule has 0 fully saturated rings. The fourth-order valence-electron chi connectivity index (χ4n) is 1.83. The van der Waals surface area contributed by atoms with Gasteiger partial charge in [0.25, 0.3) is 0 Å². The zero-order valence-corrected chi connectivity index (χ0v) is 12.8. The lowest BCUT2D eigenvalue weighted by molar-refractivity contribution is -0.120. The summed E-state index contributed by atoms with van der Waals surface area (Å²) in [4.78, 5) is 11.7. The van der Waals surface area contributed by atoms with Crippen molar-refractivity contribution in [3.8, 4) is 0 Å². The van der Waals surface area contributed by atoms with Gasteiger partial charge < -0.3 is 11.1 Å². The molecule has 1 aromatic carbocycles. The molecule has 0 saturated carbocycles. The molecular formula is C15H25ClN2O. The minimum atomic E-state index is 0. The van der Waals surface area contributed by atoms with Crippen molar-refractivity contribution < 1.29 is 4.79 Å². The first-order valence-corrected chi connectivity index (χ1v) is 6.58. The van der Waals surface area contributed by atoms with Gasteiger partial charge in [0.1, 0.15) is 0 Å². The molecule has 19 heavy (non-hydrogen) atoms. The van der Waals surface area contributed by atoms with E-state index in [2.05, 4.69) is 31.3 Å². The average molecular weight is 285 g/mol. The number of halogens is 1. The number of benzene rings is 1. The van der Waals surface area contributed by atoms with Crippen LogP contribution in [0.25, 0.3) is 0 Å². The molecule has 0 aliphatic carbocycles. The van der Waals surface area contributed by atoms with E-state index in [1.165, 1.54) is 5.56 Å². The third kappa shape index (κ3) is 7.19. The second kappa shape index (κ2) is 8.94. The topological polar surface area (TPSA) is 55.1 Å². The predicted molar refractivity (Wildman–Crippen MR) is 82.6 cm³/mol. The second-order valence-corrected chi connectivity index (χ2v) is 5.30. The lowest BCUT2D eigenvalue weighted by atomic mass is 10.0. The molecular weight excluding hydrogens is 260 g/mol. The Morgan fingerprint density at radius 2 is 1.68 bits per heavy atom. The predicted octanol–water partition coefficient (Wildman–Crippen LogP) is 2.31. The molecule has 0 aliphatic heterocycles. The van der Waals surface area contributed by atoms with Crippen LogP contribution in [0.4, 0.5) is 0 Å². The summed E-state index contributed by atoms with van der Waals surface area (Å²) in [7, 11) is 0. The van der Waals surface area contributed by atoms with Gasteiger partial charge in [0.2, 0.25) is 5.91 Å². The van der Waals surface area contributed by atoms with Crippen LogP contribution >= 0.6 is 12.4 Å². The first-order valence-electron chi connectivity index (χ1n) is 6.58. The fraction of sp³-hybridized carbons (Fsp3) is 0.533. The van der Waals surface area contributed by atoms with Crippen LogP contribution in [0, 0.1) is 5.92 Å². The third-order valence-electron chi connectivity index (χ3n) is 2.79. The Kier molecular flexibility index (Phi) is 8.44. The Balaban J connectivity index is 0.00000324. The molecule has 108 valence electrons. The van der Waals surface area contributed by atoms with Crippen molar-refractivity contribution in [1.82, 2.24) is 5.32 Å². The van der Waals surface area contributed by atoms with Crippen molar-refractivity contribution in [3.05, 3.63) is 35.4 Å². The van der Waals surface area contributed by atoms with Crippen molar-refractivity contribution in [2.75, 3.05) is 6.54 Å². The first kappa shape index (κ1) is 17.9. The molecule has 1 amide bonds. The summed E-state index contributed by atoms with van der Waals surface area (Å²) < 4.78 is 0. The van der Waals surface area contributed by atoms with Crippen LogP contribution in [0.2, 0.25) is 0 Å². The van der Waals surface area contributed by atoms with Crippen LogP contribution in [-0.4, -0.2) is 18.5 Å². The average Bonchev–Trinajstić information content (AvgIpc) is 2.30. The highest BCUT2D eigenvalue weighted by atomic mass is 35.5. The maximum absolute atomic E-state index is 11.7. The van der Waals surface area contributed by atoms with E-state index in [1.54, 1.807) is 0 Å². The van der Waals surface area contributed by atoms with Crippen molar-refractivity contribution in [2.45, 2.75) is 39.7 Å². The normalized spacial score (nSPS) is 11.8. The maximum Gasteiger partial charge on any atom is 0.224 e. The van der Waals surface area contributed by atoms with Gasteiger partial charge in [-0.3, -0.25) is 4.79 Å². The minimum absolute atomic E-state index is 0. The van der Waals surface area contributed by atoms with Gasteiger partial charge in [-0.25, -0.2) is 0 Å². The Hall–Kier alpha value is -1.06. The molecule has 1 atom stereocenters. The summed E-state index contributed by atoms with van der Waals surface area (Å²) in [6.07, 6.45) is 1.50. The first-order chi connectivity index (χ1) is 8.51. The summed E-state index contributed by atoms with van der Waals surface area (Å²) in [6, 6.07) is 8.32. The van der Waals surface area contributed by atoms with Crippen molar-refractivity contribution in [2.24, 2.45) is 11.7 Å². The van der Waals surface area contributed by atoms with E-state index in [9.17, 15) is 4.79 Å². The van der Waals surface area contributed by atoms with E-state index in [4.69, 9.17) is 5.73 Å². The zero-order valence-electron chi connectivity index (χ0n) is 12.0. The molecule has 1 rings (SSSR count). The number of amides is 1. The smallest absolute Gasteiger partial charge is 0.224 e. The molecule has 0 aromatic heterocycles. The molecule has 4 heteroatoms. The standard InChI is InChI=1S/C15H24N2O.ClH/c1-11(2)8-13-4-6-14(7-5-13)9-15(18)17-12(3)10-16;/h4-7,11-12H,8-10,16H2,1-3H3,(H,17,18);1H/t12-;/m0./s1. The highest BCUT2D eigenvalue weighted by Crippen LogP contribution is 2.10. The molecule has 0 spiro atoms. The van der Waals surface area contributed by atoms with Crippen LogP contribution < -0.4 is 11.1 Å². The van der Waals surface area contributed by atoms with Gasteiger partial charge in [-0.05, 0) is 30.4 Å². The molecule has 3 N–H and O–H groups in total. The molecule has 0 heterocycles. The van der Waals surface area contributed by atoms with E-state index in [-0.39, 0.29) is 24.4 Å². The van der Waals surface area contributed by atoms with Crippen LogP contribution in [0.15, 0.2) is 24.3 Å². The number of carbonyl (C=O) groups is 1. The van der Waals surface area contributed by atoms with Crippen LogP contribution in [0.1, 0.15) is 31.9 Å². The molecule has 0 unspecified atom stereocenters. The zero-order chi connectivity index (χ0) is 13.5. The van der Waals surface area contributed by atoms with E-state index >= 15 is 0 Å². The quantitative estimate of drug-likeness (QED) is 0.842.